The average Bonchev–Trinajstić information content (AvgIpc) is 3.08. The number of hydrogen-bond donors (Lipinski definition) is 2. The van der Waals surface area contributed by atoms with Crippen LogP contribution in [0, 0.1) is 26.7 Å². The molecule has 1 aromatic carbocycles. The minimum Gasteiger partial charge on any atom is -0.398 e. The number of aryl methyl sites for hydroxylation is 1. The third-order valence-electron chi connectivity index (χ3n) is 3.61. The average molecular weight is 268 g/mol. The highest BCUT2D eigenvalue weighted by atomic mass is 32.2. The summed E-state index contributed by atoms with van der Waals surface area (Å²) >= 11 is 0. The fourth-order valence-electron chi connectivity index (χ4n) is 2.07. The van der Waals surface area contributed by atoms with E-state index in [0.717, 1.165) is 24.0 Å². The quantitative estimate of drug-likeness (QED) is 0.819. The standard InChI is InChI=1S/C13H20N2O2S/c1-8-6-12(14)10(3)13(9(8)2)18(16,17)15-7-11-4-5-11/h6,11,15H,4-5,7,14H2,1-3H3. The maximum atomic E-state index is 12.3. The van der Waals surface area contributed by atoms with E-state index in [1.165, 1.54) is 0 Å². The van der Waals surface area contributed by atoms with Crippen LogP contribution < -0.4 is 10.5 Å². The Balaban J connectivity index is 2.41. The summed E-state index contributed by atoms with van der Waals surface area (Å²) in [5, 5.41) is 0. The van der Waals surface area contributed by atoms with Crippen LogP contribution in [-0.2, 0) is 10.0 Å². The molecule has 0 bridgehead atoms. The van der Waals surface area contributed by atoms with Crippen LogP contribution >= 0.6 is 0 Å². The van der Waals surface area contributed by atoms with Gasteiger partial charge in [0.2, 0.25) is 10.0 Å². The highest BCUT2D eigenvalue weighted by Gasteiger charge is 2.26. The molecule has 0 saturated heterocycles. The number of nitrogen functional groups attached to an aromatic ring is 1. The minimum atomic E-state index is -3.45. The SMILES string of the molecule is Cc1cc(N)c(C)c(S(=O)(=O)NCC2CC2)c1C. The van der Waals surface area contributed by atoms with Crippen LogP contribution in [0.2, 0.25) is 0 Å². The monoisotopic (exact) mass is 268 g/mol. The smallest absolute Gasteiger partial charge is 0.241 e. The number of sulfonamides is 1. The summed E-state index contributed by atoms with van der Waals surface area (Å²) < 4.78 is 27.4. The highest BCUT2D eigenvalue weighted by Crippen LogP contribution is 2.30. The summed E-state index contributed by atoms with van der Waals surface area (Å²) in [6.07, 6.45) is 2.24. The Morgan fingerprint density at radius 2 is 1.89 bits per heavy atom. The number of nitrogens with two attached hydrogens (primary N) is 1. The molecule has 1 saturated carbocycles. The number of anilines is 1. The number of rotatable bonds is 4. The summed E-state index contributed by atoms with van der Waals surface area (Å²) in [7, 11) is -3.45. The molecule has 1 aromatic rings. The fraction of sp³-hybridized carbons (Fsp3) is 0.538. The van der Waals surface area contributed by atoms with E-state index in [1.807, 2.05) is 19.9 Å². The Morgan fingerprint density at radius 3 is 2.44 bits per heavy atom. The van der Waals surface area contributed by atoms with E-state index in [9.17, 15) is 8.42 Å². The lowest BCUT2D eigenvalue weighted by molar-refractivity contribution is 0.576. The summed E-state index contributed by atoms with van der Waals surface area (Å²) in [5.74, 6) is 0.516. The van der Waals surface area contributed by atoms with Crippen molar-refractivity contribution in [1.29, 1.82) is 0 Å². The van der Waals surface area contributed by atoms with Gasteiger partial charge in [0.05, 0.1) is 4.90 Å². The molecule has 100 valence electrons. The molecule has 5 heteroatoms. The normalized spacial score (nSPS) is 15.9. The van der Waals surface area contributed by atoms with Crippen LogP contribution in [0.25, 0.3) is 0 Å². The van der Waals surface area contributed by atoms with E-state index in [1.54, 1.807) is 6.92 Å². The summed E-state index contributed by atoms with van der Waals surface area (Å²) in [5.41, 5.74) is 8.73. The molecule has 0 amide bonds. The van der Waals surface area contributed by atoms with Gasteiger partial charge >= 0.3 is 0 Å². The van der Waals surface area contributed by atoms with E-state index in [-0.39, 0.29) is 0 Å². The first kappa shape index (κ1) is 13.4. The maximum Gasteiger partial charge on any atom is 0.241 e. The lowest BCUT2D eigenvalue weighted by Gasteiger charge is -2.15. The molecule has 1 aliphatic carbocycles. The van der Waals surface area contributed by atoms with E-state index >= 15 is 0 Å². The zero-order chi connectivity index (χ0) is 13.5. The van der Waals surface area contributed by atoms with Crippen molar-refractivity contribution in [2.45, 2.75) is 38.5 Å². The lowest BCUT2D eigenvalue weighted by atomic mass is 10.1. The highest BCUT2D eigenvalue weighted by molar-refractivity contribution is 7.89. The second-order valence-corrected chi connectivity index (χ2v) is 6.86. The molecule has 2 rings (SSSR count). The summed E-state index contributed by atoms with van der Waals surface area (Å²) in [4.78, 5) is 0.348. The van der Waals surface area contributed by atoms with Crippen LogP contribution in [0.1, 0.15) is 29.5 Å². The van der Waals surface area contributed by atoms with Gasteiger partial charge in [-0.25, -0.2) is 13.1 Å². The molecular weight excluding hydrogens is 248 g/mol. The predicted octanol–water partition coefficient (Wildman–Crippen LogP) is 1.88. The summed E-state index contributed by atoms with van der Waals surface area (Å²) in [6, 6.07) is 1.82. The zero-order valence-corrected chi connectivity index (χ0v) is 11.9. The summed E-state index contributed by atoms with van der Waals surface area (Å²) in [6.45, 7) is 6.00. The van der Waals surface area contributed by atoms with Gasteiger partial charge in [-0.1, -0.05) is 0 Å². The first-order valence-corrected chi connectivity index (χ1v) is 7.67. The van der Waals surface area contributed by atoms with Crippen molar-refractivity contribution in [3.63, 3.8) is 0 Å². The van der Waals surface area contributed by atoms with E-state index in [2.05, 4.69) is 4.72 Å². The Hall–Kier alpha value is -1.07. The van der Waals surface area contributed by atoms with E-state index < -0.39 is 10.0 Å². The lowest BCUT2D eigenvalue weighted by Crippen LogP contribution is -2.27. The third-order valence-corrected chi connectivity index (χ3v) is 5.30. The van der Waals surface area contributed by atoms with E-state index in [4.69, 9.17) is 5.73 Å². The predicted molar refractivity (Wildman–Crippen MR) is 73.0 cm³/mol. The molecule has 0 radical (unpaired) electrons. The number of benzene rings is 1. The Kier molecular flexibility index (Phi) is 3.38. The second-order valence-electron chi connectivity index (χ2n) is 5.16. The molecule has 3 N–H and O–H groups in total. The molecular formula is C13H20N2O2S. The van der Waals surface area contributed by atoms with Crippen LogP contribution in [0.3, 0.4) is 0 Å². The second kappa shape index (κ2) is 4.55. The molecule has 0 aliphatic heterocycles. The molecule has 18 heavy (non-hydrogen) atoms. The van der Waals surface area contributed by atoms with E-state index in [0.29, 0.717) is 28.6 Å². The molecule has 4 nitrogen and oxygen atoms in total. The van der Waals surface area contributed by atoms with Crippen molar-refractivity contribution in [3.8, 4) is 0 Å². The molecule has 1 aliphatic rings. The van der Waals surface area contributed by atoms with Crippen molar-refractivity contribution < 1.29 is 8.42 Å². The number of nitrogens with one attached hydrogen (secondary N) is 1. The van der Waals surface area contributed by atoms with Crippen molar-refractivity contribution >= 4 is 15.7 Å². The Bertz CT molecular complexity index is 549. The first-order chi connectivity index (χ1) is 8.33. The fourth-order valence-corrected chi connectivity index (χ4v) is 3.75. The van der Waals surface area contributed by atoms with Crippen molar-refractivity contribution in [2.75, 3.05) is 12.3 Å². The van der Waals surface area contributed by atoms with Gasteiger partial charge in [-0.3, -0.25) is 0 Å². The largest absolute Gasteiger partial charge is 0.398 e. The molecule has 0 spiro atoms. The van der Waals surface area contributed by atoms with Crippen LogP contribution in [0.5, 0.6) is 0 Å². The molecule has 0 unspecified atom stereocenters. The van der Waals surface area contributed by atoms with Gasteiger partial charge in [-0.05, 0) is 62.3 Å². The van der Waals surface area contributed by atoms with Gasteiger partial charge in [0, 0.05) is 12.2 Å². The molecule has 1 fully saturated rings. The molecule has 0 atom stereocenters. The maximum absolute atomic E-state index is 12.3. The van der Waals surface area contributed by atoms with Crippen molar-refractivity contribution in [3.05, 3.63) is 22.8 Å². The molecule has 0 aromatic heterocycles. The van der Waals surface area contributed by atoms with Gasteiger partial charge in [0.25, 0.3) is 0 Å². The third kappa shape index (κ3) is 2.52. The van der Waals surface area contributed by atoms with Crippen LogP contribution in [0.15, 0.2) is 11.0 Å². The van der Waals surface area contributed by atoms with Gasteiger partial charge in [-0.15, -0.1) is 0 Å². The Labute approximate surface area is 109 Å². The van der Waals surface area contributed by atoms with Gasteiger partial charge < -0.3 is 5.73 Å². The van der Waals surface area contributed by atoms with Gasteiger partial charge in [-0.2, -0.15) is 0 Å². The number of hydrogen-bond acceptors (Lipinski definition) is 3. The van der Waals surface area contributed by atoms with Gasteiger partial charge in [0.1, 0.15) is 0 Å². The molecule has 0 heterocycles. The first-order valence-electron chi connectivity index (χ1n) is 6.19. The topological polar surface area (TPSA) is 72.2 Å². The zero-order valence-electron chi connectivity index (χ0n) is 11.1. The van der Waals surface area contributed by atoms with Crippen LogP contribution in [0.4, 0.5) is 5.69 Å². The van der Waals surface area contributed by atoms with Gasteiger partial charge in [0.15, 0.2) is 0 Å². The minimum absolute atomic E-state index is 0.348. The Morgan fingerprint density at radius 1 is 1.28 bits per heavy atom. The van der Waals surface area contributed by atoms with Crippen molar-refractivity contribution in [2.24, 2.45) is 5.92 Å². The van der Waals surface area contributed by atoms with Crippen LogP contribution in [-0.4, -0.2) is 15.0 Å². The van der Waals surface area contributed by atoms with Crippen molar-refractivity contribution in [1.82, 2.24) is 4.72 Å².